The third-order valence-electron chi connectivity index (χ3n) is 3.85. The van der Waals surface area contributed by atoms with Crippen LogP contribution in [0.15, 0.2) is 41.0 Å². The summed E-state index contributed by atoms with van der Waals surface area (Å²) in [5.41, 5.74) is 0.614. The molecule has 0 aliphatic heterocycles. The van der Waals surface area contributed by atoms with Gasteiger partial charge in [0.2, 0.25) is 11.8 Å². The minimum Gasteiger partial charge on any atom is -0.444 e. The topological polar surface area (TPSA) is 75.4 Å². The van der Waals surface area contributed by atoms with Crippen molar-refractivity contribution in [3.8, 4) is 11.5 Å². The highest BCUT2D eigenvalue weighted by Gasteiger charge is 2.23. The monoisotopic (exact) mass is 302 g/mol. The van der Waals surface area contributed by atoms with Crippen LogP contribution >= 0.6 is 0 Å². The van der Waals surface area contributed by atoms with Gasteiger partial charge in [0.05, 0.1) is 17.7 Å². The minimum absolute atomic E-state index is 0.139. The van der Waals surface area contributed by atoms with E-state index in [1.54, 1.807) is 0 Å². The van der Waals surface area contributed by atoms with Crippen molar-refractivity contribution >= 4 is 5.91 Å². The zero-order chi connectivity index (χ0) is 16.0. The van der Waals surface area contributed by atoms with Crippen LogP contribution in [-0.4, -0.2) is 28.1 Å². The number of aromatic nitrogens is 1. The first kappa shape index (κ1) is 16.2. The fourth-order valence-electron chi connectivity index (χ4n) is 2.09. The fourth-order valence-corrected chi connectivity index (χ4v) is 2.09. The van der Waals surface area contributed by atoms with Gasteiger partial charge in [-0.15, -0.1) is 0 Å². The lowest BCUT2D eigenvalue weighted by Crippen LogP contribution is -2.42. The normalized spacial score (nSPS) is 11.4. The molecular weight excluding hydrogens is 280 g/mol. The molecule has 2 rings (SSSR count). The van der Waals surface area contributed by atoms with E-state index in [0.29, 0.717) is 24.4 Å². The number of nitrogens with one attached hydrogen (secondary N) is 1. The van der Waals surface area contributed by atoms with Gasteiger partial charge < -0.3 is 14.8 Å². The van der Waals surface area contributed by atoms with Crippen LogP contribution in [0.25, 0.3) is 11.5 Å². The lowest BCUT2D eigenvalue weighted by molar-refractivity contribution is -0.121. The molecule has 1 heterocycles. The van der Waals surface area contributed by atoms with Gasteiger partial charge in [0.25, 0.3) is 0 Å². The summed E-state index contributed by atoms with van der Waals surface area (Å²) in [4.78, 5) is 16.2. The SMILES string of the molecule is CCC(O)(CC)CNC(=O)Cc1coc(-c2ccccc2)n1. The van der Waals surface area contributed by atoms with E-state index in [-0.39, 0.29) is 18.9 Å². The number of amides is 1. The molecule has 1 amide bonds. The van der Waals surface area contributed by atoms with Gasteiger partial charge in [-0.25, -0.2) is 4.98 Å². The van der Waals surface area contributed by atoms with Crippen LogP contribution in [0.1, 0.15) is 32.4 Å². The molecule has 0 radical (unpaired) electrons. The van der Waals surface area contributed by atoms with Crippen LogP contribution in [0.3, 0.4) is 0 Å². The van der Waals surface area contributed by atoms with Crippen LogP contribution in [0.4, 0.5) is 0 Å². The minimum atomic E-state index is -0.839. The van der Waals surface area contributed by atoms with E-state index in [1.165, 1.54) is 6.26 Å². The van der Waals surface area contributed by atoms with E-state index < -0.39 is 5.60 Å². The highest BCUT2D eigenvalue weighted by atomic mass is 16.3. The van der Waals surface area contributed by atoms with E-state index in [0.717, 1.165) is 5.56 Å². The van der Waals surface area contributed by atoms with E-state index in [9.17, 15) is 9.90 Å². The Morgan fingerprint density at radius 1 is 1.27 bits per heavy atom. The van der Waals surface area contributed by atoms with E-state index in [4.69, 9.17) is 4.42 Å². The molecule has 5 nitrogen and oxygen atoms in total. The number of nitrogens with zero attached hydrogens (tertiary/aromatic N) is 1. The molecule has 2 N–H and O–H groups in total. The van der Waals surface area contributed by atoms with E-state index in [2.05, 4.69) is 10.3 Å². The van der Waals surface area contributed by atoms with Crippen LogP contribution in [0.2, 0.25) is 0 Å². The van der Waals surface area contributed by atoms with Crippen LogP contribution in [0, 0.1) is 0 Å². The van der Waals surface area contributed by atoms with Crippen molar-refractivity contribution in [2.45, 2.75) is 38.7 Å². The van der Waals surface area contributed by atoms with E-state index in [1.807, 2.05) is 44.2 Å². The lowest BCUT2D eigenvalue weighted by Gasteiger charge is -2.25. The first-order valence-corrected chi connectivity index (χ1v) is 7.55. The van der Waals surface area contributed by atoms with Crippen molar-refractivity contribution in [2.75, 3.05) is 6.54 Å². The second kappa shape index (κ2) is 7.22. The first-order valence-electron chi connectivity index (χ1n) is 7.55. The summed E-state index contributed by atoms with van der Waals surface area (Å²) in [7, 11) is 0. The Bertz CT molecular complexity index is 603. The van der Waals surface area contributed by atoms with Gasteiger partial charge >= 0.3 is 0 Å². The molecule has 0 unspecified atom stereocenters. The highest BCUT2D eigenvalue weighted by Crippen LogP contribution is 2.18. The molecule has 5 heteroatoms. The van der Waals surface area contributed by atoms with Crippen molar-refractivity contribution in [1.29, 1.82) is 0 Å². The lowest BCUT2D eigenvalue weighted by atomic mass is 9.97. The van der Waals surface area contributed by atoms with Crippen LogP contribution in [0.5, 0.6) is 0 Å². The van der Waals surface area contributed by atoms with Gasteiger partial charge in [-0.1, -0.05) is 32.0 Å². The van der Waals surface area contributed by atoms with Crippen LogP contribution in [-0.2, 0) is 11.2 Å². The Labute approximate surface area is 130 Å². The smallest absolute Gasteiger partial charge is 0.226 e. The summed E-state index contributed by atoms with van der Waals surface area (Å²) in [6, 6.07) is 9.53. The average molecular weight is 302 g/mol. The molecule has 0 fully saturated rings. The van der Waals surface area contributed by atoms with E-state index >= 15 is 0 Å². The van der Waals surface area contributed by atoms with Gasteiger partial charge in [-0.3, -0.25) is 4.79 Å². The van der Waals surface area contributed by atoms with Crippen molar-refractivity contribution < 1.29 is 14.3 Å². The Balaban J connectivity index is 1.92. The van der Waals surface area contributed by atoms with Crippen LogP contribution < -0.4 is 5.32 Å². The fraction of sp³-hybridized carbons (Fsp3) is 0.412. The predicted octanol–water partition coefficient (Wildman–Crippen LogP) is 2.55. The summed E-state index contributed by atoms with van der Waals surface area (Å²) >= 11 is 0. The van der Waals surface area contributed by atoms with Gasteiger partial charge in [-0.05, 0) is 25.0 Å². The molecule has 0 atom stereocenters. The molecule has 2 aromatic rings. The third-order valence-corrected chi connectivity index (χ3v) is 3.85. The maximum absolute atomic E-state index is 11.9. The number of benzene rings is 1. The summed E-state index contributed by atoms with van der Waals surface area (Å²) in [5.74, 6) is 0.329. The second-order valence-electron chi connectivity index (χ2n) is 5.39. The molecule has 0 aliphatic rings. The summed E-state index contributed by atoms with van der Waals surface area (Å²) in [6.45, 7) is 4.06. The molecule has 0 aliphatic carbocycles. The molecule has 22 heavy (non-hydrogen) atoms. The quantitative estimate of drug-likeness (QED) is 0.824. The van der Waals surface area contributed by atoms with Gasteiger partial charge in [0.1, 0.15) is 6.26 Å². The number of aliphatic hydroxyl groups is 1. The van der Waals surface area contributed by atoms with Gasteiger partial charge in [0, 0.05) is 12.1 Å². The average Bonchev–Trinajstić information content (AvgIpc) is 3.02. The van der Waals surface area contributed by atoms with Crippen molar-refractivity contribution in [3.63, 3.8) is 0 Å². The molecule has 0 bridgehead atoms. The molecular formula is C17H22N2O3. The zero-order valence-electron chi connectivity index (χ0n) is 13.0. The van der Waals surface area contributed by atoms with Crippen molar-refractivity contribution in [2.24, 2.45) is 0 Å². The number of hydrogen-bond donors (Lipinski definition) is 2. The zero-order valence-corrected chi connectivity index (χ0v) is 13.0. The molecule has 0 spiro atoms. The van der Waals surface area contributed by atoms with Gasteiger partial charge in [0.15, 0.2) is 0 Å². The molecule has 0 saturated carbocycles. The number of oxazole rings is 1. The Hall–Kier alpha value is -2.14. The van der Waals surface area contributed by atoms with Crippen molar-refractivity contribution in [1.82, 2.24) is 10.3 Å². The number of hydrogen-bond acceptors (Lipinski definition) is 4. The maximum Gasteiger partial charge on any atom is 0.226 e. The summed E-state index contributed by atoms with van der Waals surface area (Å²) in [6.07, 6.45) is 2.84. The largest absolute Gasteiger partial charge is 0.444 e. The summed E-state index contributed by atoms with van der Waals surface area (Å²) < 4.78 is 5.40. The number of rotatable bonds is 7. The first-order chi connectivity index (χ1) is 10.6. The molecule has 118 valence electrons. The predicted molar refractivity (Wildman–Crippen MR) is 84.2 cm³/mol. The third kappa shape index (κ3) is 4.18. The Kier molecular flexibility index (Phi) is 5.33. The molecule has 1 aromatic heterocycles. The molecule has 0 saturated heterocycles. The number of carbonyl (C=O) groups is 1. The van der Waals surface area contributed by atoms with Gasteiger partial charge in [-0.2, -0.15) is 0 Å². The standard InChI is InChI=1S/C17H22N2O3/c1-3-17(21,4-2)12-18-15(20)10-14-11-22-16(19-14)13-8-6-5-7-9-13/h5-9,11,21H,3-4,10,12H2,1-2H3,(H,18,20). The van der Waals surface area contributed by atoms with Crippen molar-refractivity contribution in [3.05, 3.63) is 42.3 Å². The Morgan fingerprint density at radius 3 is 2.59 bits per heavy atom. The molecule has 1 aromatic carbocycles. The highest BCUT2D eigenvalue weighted by molar-refractivity contribution is 5.78. The number of carbonyl (C=O) groups excluding carboxylic acids is 1. The second-order valence-corrected chi connectivity index (χ2v) is 5.39. The Morgan fingerprint density at radius 2 is 1.95 bits per heavy atom. The maximum atomic E-state index is 11.9. The summed E-state index contributed by atoms with van der Waals surface area (Å²) in [5, 5.41) is 12.9.